The molecule has 1 saturated heterocycles. The van der Waals surface area contributed by atoms with Crippen molar-refractivity contribution in [3.8, 4) is 11.4 Å². The number of rotatable bonds is 3. The first kappa shape index (κ1) is 16.4. The summed E-state index contributed by atoms with van der Waals surface area (Å²) >= 11 is 0. The number of likely N-dealkylation sites (tertiary alicyclic amines) is 1. The molecule has 2 heterocycles. The second-order valence-corrected chi connectivity index (χ2v) is 6.64. The van der Waals surface area contributed by atoms with Crippen LogP contribution in [0.3, 0.4) is 0 Å². The van der Waals surface area contributed by atoms with Gasteiger partial charge in [-0.15, -0.1) is 0 Å². The van der Waals surface area contributed by atoms with E-state index in [1.807, 2.05) is 51.9 Å². The highest BCUT2D eigenvalue weighted by atomic mass is 16.3. The van der Waals surface area contributed by atoms with Gasteiger partial charge in [0, 0.05) is 18.8 Å². The highest BCUT2D eigenvalue weighted by Crippen LogP contribution is 2.29. The molecule has 4 rings (SSSR count). The van der Waals surface area contributed by atoms with Gasteiger partial charge >= 0.3 is 0 Å². The van der Waals surface area contributed by atoms with Crippen molar-refractivity contribution in [2.45, 2.75) is 18.8 Å². The number of carbonyl (C=O) groups is 1. The van der Waals surface area contributed by atoms with E-state index in [9.17, 15) is 9.90 Å². The molecule has 1 N–H and O–H groups in total. The number of hydrogen-bond donors (Lipinski definition) is 1. The quantitative estimate of drug-likeness (QED) is 0.787. The Morgan fingerprint density at radius 1 is 1.00 bits per heavy atom. The van der Waals surface area contributed by atoms with Gasteiger partial charge in [0.05, 0.1) is 12.5 Å². The molecule has 26 heavy (non-hydrogen) atoms. The van der Waals surface area contributed by atoms with Crippen LogP contribution in [-0.4, -0.2) is 38.6 Å². The fourth-order valence-electron chi connectivity index (χ4n) is 3.57. The number of carbonyl (C=O) groups excluding carboxylic acids is 1. The van der Waals surface area contributed by atoms with E-state index in [2.05, 4.69) is 4.98 Å². The van der Waals surface area contributed by atoms with Gasteiger partial charge in [0.15, 0.2) is 0 Å². The third-order valence-electron chi connectivity index (χ3n) is 5.04. The number of aromatic nitrogens is 2. The van der Waals surface area contributed by atoms with Crippen molar-refractivity contribution in [1.29, 1.82) is 0 Å². The molecule has 1 amide bonds. The maximum atomic E-state index is 13.0. The standard InChI is InChI=1S/C21H21N3O2/c25-19-8-6-16(7-9-19)17-10-12-23(13-11-17)21(26)20-14-22-15-24(20)18-4-2-1-3-5-18/h1-9,14-15,17,25H,10-13H2. The van der Waals surface area contributed by atoms with Crippen LogP contribution in [0.4, 0.5) is 0 Å². The lowest BCUT2D eigenvalue weighted by Crippen LogP contribution is -2.38. The number of benzene rings is 2. The van der Waals surface area contributed by atoms with Gasteiger partial charge in [-0.05, 0) is 48.6 Å². The van der Waals surface area contributed by atoms with Crippen LogP contribution in [-0.2, 0) is 0 Å². The molecule has 0 unspecified atom stereocenters. The molecule has 0 saturated carbocycles. The van der Waals surface area contributed by atoms with Crippen LogP contribution < -0.4 is 0 Å². The van der Waals surface area contributed by atoms with E-state index in [0.717, 1.165) is 31.6 Å². The van der Waals surface area contributed by atoms with E-state index < -0.39 is 0 Å². The van der Waals surface area contributed by atoms with Crippen LogP contribution >= 0.6 is 0 Å². The molecule has 2 aromatic carbocycles. The summed E-state index contributed by atoms with van der Waals surface area (Å²) < 4.78 is 1.84. The summed E-state index contributed by atoms with van der Waals surface area (Å²) in [5.41, 5.74) is 2.76. The number of aromatic hydroxyl groups is 1. The number of hydrogen-bond acceptors (Lipinski definition) is 3. The molecule has 0 atom stereocenters. The molecule has 1 aromatic heterocycles. The van der Waals surface area contributed by atoms with Crippen molar-refractivity contribution in [2.24, 2.45) is 0 Å². The van der Waals surface area contributed by atoms with Gasteiger partial charge in [-0.3, -0.25) is 9.36 Å². The van der Waals surface area contributed by atoms with Gasteiger partial charge in [0.2, 0.25) is 0 Å². The first-order chi connectivity index (χ1) is 12.7. The molecule has 3 aromatic rings. The topological polar surface area (TPSA) is 58.4 Å². The average Bonchev–Trinajstić information content (AvgIpc) is 3.19. The van der Waals surface area contributed by atoms with E-state index in [1.54, 1.807) is 24.7 Å². The monoisotopic (exact) mass is 347 g/mol. The van der Waals surface area contributed by atoms with Gasteiger partial charge in [0.1, 0.15) is 11.4 Å². The maximum absolute atomic E-state index is 13.0. The third-order valence-corrected chi connectivity index (χ3v) is 5.04. The minimum atomic E-state index is 0.0236. The molecule has 1 fully saturated rings. The Morgan fingerprint density at radius 3 is 2.38 bits per heavy atom. The molecule has 0 aliphatic carbocycles. The summed E-state index contributed by atoms with van der Waals surface area (Å²) in [7, 11) is 0. The zero-order valence-electron chi connectivity index (χ0n) is 14.5. The van der Waals surface area contributed by atoms with Gasteiger partial charge in [-0.1, -0.05) is 30.3 Å². The summed E-state index contributed by atoms with van der Waals surface area (Å²) in [6, 6.07) is 17.2. The molecule has 1 aliphatic heterocycles. The highest BCUT2D eigenvalue weighted by molar-refractivity contribution is 5.93. The fourth-order valence-corrected chi connectivity index (χ4v) is 3.57. The molecule has 5 heteroatoms. The van der Waals surface area contributed by atoms with Crippen LogP contribution in [0.15, 0.2) is 67.1 Å². The van der Waals surface area contributed by atoms with Crippen LogP contribution in [0.2, 0.25) is 0 Å². The largest absolute Gasteiger partial charge is 0.508 e. The third kappa shape index (κ3) is 3.20. The minimum absolute atomic E-state index is 0.0236. The number of amides is 1. The Kier molecular flexibility index (Phi) is 4.44. The molecule has 0 radical (unpaired) electrons. The number of nitrogens with zero attached hydrogens (tertiary/aromatic N) is 3. The Labute approximate surface area is 152 Å². The van der Waals surface area contributed by atoms with Crippen LogP contribution in [0.25, 0.3) is 5.69 Å². The number of para-hydroxylation sites is 1. The predicted octanol–water partition coefficient (Wildman–Crippen LogP) is 3.60. The lowest BCUT2D eigenvalue weighted by molar-refractivity contribution is 0.0705. The molecule has 1 aliphatic rings. The fraction of sp³-hybridized carbons (Fsp3) is 0.238. The first-order valence-electron chi connectivity index (χ1n) is 8.88. The van der Waals surface area contributed by atoms with Crippen LogP contribution in [0.1, 0.15) is 34.8 Å². The summed E-state index contributed by atoms with van der Waals surface area (Å²) in [6.45, 7) is 1.45. The Balaban J connectivity index is 1.46. The summed E-state index contributed by atoms with van der Waals surface area (Å²) in [4.78, 5) is 19.1. The number of imidazole rings is 1. The smallest absolute Gasteiger partial charge is 0.272 e. The van der Waals surface area contributed by atoms with E-state index in [1.165, 1.54) is 5.56 Å². The molecular formula is C21H21N3O2. The Bertz CT molecular complexity index is 879. The lowest BCUT2D eigenvalue weighted by Gasteiger charge is -2.32. The molecule has 5 nitrogen and oxygen atoms in total. The van der Waals surface area contributed by atoms with Crippen molar-refractivity contribution < 1.29 is 9.90 Å². The SMILES string of the molecule is O=C(c1cncn1-c1ccccc1)N1CCC(c2ccc(O)cc2)CC1. The second kappa shape index (κ2) is 7.04. The van der Waals surface area contributed by atoms with Gasteiger partial charge < -0.3 is 10.0 Å². The maximum Gasteiger partial charge on any atom is 0.272 e. The normalized spacial score (nSPS) is 15.2. The second-order valence-electron chi connectivity index (χ2n) is 6.64. The zero-order chi connectivity index (χ0) is 17.9. The Morgan fingerprint density at radius 2 is 1.69 bits per heavy atom. The molecule has 0 spiro atoms. The summed E-state index contributed by atoms with van der Waals surface area (Å²) in [6.07, 6.45) is 5.18. The zero-order valence-corrected chi connectivity index (χ0v) is 14.5. The lowest BCUT2D eigenvalue weighted by atomic mass is 9.89. The average molecular weight is 347 g/mol. The van der Waals surface area contributed by atoms with E-state index >= 15 is 0 Å². The van der Waals surface area contributed by atoms with Gasteiger partial charge in [-0.2, -0.15) is 0 Å². The highest BCUT2D eigenvalue weighted by Gasteiger charge is 2.26. The van der Waals surface area contributed by atoms with Crippen LogP contribution in [0, 0.1) is 0 Å². The van der Waals surface area contributed by atoms with Gasteiger partial charge in [0.25, 0.3) is 5.91 Å². The number of piperidine rings is 1. The molecule has 0 bridgehead atoms. The van der Waals surface area contributed by atoms with Crippen molar-refractivity contribution in [1.82, 2.24) is 14.5 Å². The van der Waals surface area contributed by atoms with E-state index in [4.69, 9.17) is 0 Å². The number of phenolic OH excluding ortho intramolecular Hbond substituents is 1. The summed E-state index contributed by atoms with van der Waals surface area (Å²) in [5, 5.41) is 9.43. The van der Waals surface area contributed by atoms with Crippen LogP contribution in [0.5, 0.6) is 5.75 Å². The van der Waals surface area contributed by atoms with Gasteiger partial charge in [-0.25, -0.2) is 4.98 Å². The van der Waals surface area contributed by atoms with Crippen molar-refractivity contribution in [2.75, 3.05) is 13.1 Å². The minimum Gasteiger partial charge on any atom is -0.508 e. The summed E-state index contributed by atoms with van der Waals surface area (Å²) in [5.74, 6) is 0.740. The Hall–Kier alpha value is -3.08. The molecule has 132 valence electrons. The number of phenols is 1. The van der Waals surface area contributed by atoms with E-state index in [0.29, 0.717) is 11.6 Å². The molecular weight excluding hydrogens is 326 g/mol. The van der Waals surface area contributed by atoms with Crippen molar-refractivity contribution in [3.63, 3.8) is 0 Å². The van der Waals surface area contributed by atoms with Crippen molar-refractivity contribution >= 4 is 5.91 Å². The van der Waals surface area contributed by atoms with Crippen molar-refractivity contribution in [3.05, 3.63) is 78.4 Å². The van der Waals surface area contributed by atoms with E-state index in [-0.39, 0.29) is 11.7 Å². The first-order valence-corrected chi connectivity index (χ1v) is 8.88. The predicted molar refractivity (Wildman–Crippen MR) is 99.5 cm³/mol.